The van der Waals surface area contributed by atoms with Gasteiger partial charge in [0.1, 0.15) is 5.52 Å². The Labute approximate surface area is 113 Å². The van der Waals surface area contributed by atoms with Gasteiger partial charge < -0.3 is 4.74 Å². The van der Waals surface area contributed by atoms with Gasteiger partial charge in [-0.1, -0.05) is 17.7 Å². The number of hydrogen-bond donors (Lipinski definition) is 0. The highest BCUT2D eigenvalue weighted by Gasteiger charge is 2.12. The number of benzene rings is 1. The molecule has 0 saturated carbocycles. The molecule has 1 heterocycles. The van der Waals surface area contributed by atoms with Crippen molar-refractivity contribution in [2.45, 2.75) is 20.0 Å². The molecule has 0 fully saturated rings. The zero-order valence-corrected chi connectivity index (χ0v) is 11.9. The first-order chi connectivity index (χ1) is 7.59. The van der Waals surface area contributed by atoms with Gasteiger partial charge in [-0.05, 0) is 48.6 Å². The van der Waals surface area contributed by atoms with Crippen LogP contribution in [0.3, 0.4) is 0 Å². The van der Waals surface area contributed by atoms with Gasteiger partial charge in [0.25, 0.3) is 0 Å². The normalized spacial score (nSPS) is 11.1. The number of nitrogens with zero attached hydrogens (tertiary/aromatic N) is 1. The van der Waals surface area contributed by atoms with Crippen LogP contribution in [0.25, 0.3) is 10.9 Å². The van der Waals surface area contributed by atoms with Crippen LogP contribution in [0.2, 0.25) is 5.02 Å². The topological polar surface area (TPSA) is 22.1 Å². The van der Waals surface area contributed by atoms with Crippen molar-refractivity contribution in [2.24, 2.45) is 0 Å². The van der Waals surface area contributed by atoms with Gasteiger partial charge in [0.15, 0.2) is 5.75 Å². The first-order valence-electron chi connectivity index (χ1n) is 4.99. The SMILES string of the molecule is CC(C)Oc1c(Cl)cc(I)c2cccnc12. The van der Waals surface area contributed by atoms with Crippen molar-refractivity contribution in [2.75, 3.05) is 0 Å². The fourth-order valence-corrected chi connectivity index (χ4v) is 2.67. The maximum atomic E-state index is 6.18. The molecule has 0 aliphatic carbocycles. The third kappa shape index (κ3) is 2.25. The molecule has 2 nitrogen and oxygen atoms in total. The molecule has 4 heteroatoms. The highest BCUT2D eigenvalue weighted by atomic mass is 127. The zero-order valence-electron chi connectivity index (χ0n) is 9.00. The smallest absolute Gasteiger partial charge is 0.164 e. The van der Waals surface area contributed by atoms with Gasteiger partial charge >= 0.3 is 0 Å². The summed E-state index contributed by atoms with van der Waals surface area (Å²) >= 11 is 8.44. The molecule has 1 aromatic carbocycles. The van der Waals surface area contributed by atoms with Crippen molar-refractivity contribution in [3.8, 4) is 5.75 Å². The van der Waals surface area contributed by atoms with E-state index in [-0.39, 0.29) is 6.10 Å². The molecule has 0 saturated heterocycles. The van der Waals surface area contributed by atoms with Crippen LogP contribution in [0.15, 0.2) is 24.4 Å². The molecular formula is C12H11ClINO. The van der Waals surface area contributed by atoms with Gasteiger partial charge in [0.2, 0.25) is 0 Å². The lowest BCUT2D eigenvalue weighted by atomic mass is 10.2. The highest BCUT2D eigenvalue weighted by Crippen LogP contribution is 2.35. The summed E-state index contributed by atoms with van der Waals surface area (Å²) in [4.78, 5) is 4.34. The van der Waals surface area contributed by atoms with Crippen LogP contribution in [-0.4, -0.2) is 11.1 Å². The fourth-order valence-electron chi connectivity index (χ4n) is 1.49. The number of rotatable bonds is 2. The van der Waals surface area contributed by atoms with E-state index in [0.29, 0.717) is 10.8 Å². The largest absolute Gasteiger partial charge is 0.487 e. The second kappa shape index (κ2) is 4.75. The lowest BCUT2D eigenvalue weighted by molar-refractivity contribution is 0.245. The summed E-state index contributed by atoms with van der Waals surface area (Å²) in [5.74, 6) is 0.674. The maximum Gasteiger partial charge on any atom is 0.164 e. The molecule has 0 radical (unpaired) electrons. The summed E-state index contributed by atoms with van der Waals surface area (Å²) in [7, 11) is 0. The molecule has 0 N–H and O–H groups in total. The number of halogens is 2. The summed E-state index contributed by atoms with van der Waals surface area (Å²) in [6, 6.07) is 5.84. The first kappa shape index (κ1) is 11.9. The molecule has 0 aliphatic rings. The fraction of sp³-hybridized carbons (Fsp3) is 0.250. The number of aromatic nitrogens is 1. The standard InChI is InChI=1S/C12H11ClINO/c1-7(2)16-12-9(13)6-10(14)8-4-3-5-15-11(8)12/h3-7H,1-2H3. The Balaban J connectivity index is 2.71. The van der Waals surface area contributed by atoms with Crippen molar-refractivity contribution in [3.63, 3.8) is 0 Å². The Morgan fingerprint density at radius 3 is 2.88 bits per heavy atom. The average Bonchev–Trinajstić information content (AvgIpc) is 2.24. The minimum absolute atomic E-state index is 0.0859. The van der Waals surface area contributed by atoms with E-state index in [1.165, 1.54) is 0 Å². The minimum atomic E-state index is 0.0859. The Hall–Kier alpha value is -0.550. The van der Waals surface area contributed by atoms with Crippen LogP contribution >= 0.6 is 34.2 Å². The molecule has 84 valence electrons. The summed E-state index contributed by atoms with van der Waals surface area (Å²) in [5.41, 5.74) is 0.827. The summed E-state index contributed by atoms with van der Waals surface area (Å²) in [6.07, 6.45) is 1.84. The quantitative estimate of drug-likeness (QED) is 0.757. The molecule has 16 heavy (non-hydrogen) atoms. The minimum Gasteiger partial charge on any atom is -0.487 e. The van der Waals surface area contributed by atoms with E-state index < -0.39 is 0 Å². The second-order valence-corrected chi connectivity index (χ2v) is 5.30. The summed E-state index contributed by atoms with van der Waals surface area (Å²) in [6.45, 7) is 3.95. The predicted octanol–water partition coefficient (Wildman–Crippen LogP) is 4.28. The van der Waals surface area contributed by atoms with Crippen molar-refractivity contribution >= 4 is 45.1 Å². The third-order valence-corrected chi connectivity index (χ3v) is 3.28. The third-order valence-electron chi connectivity index (χ3n) is 2.10. The van der Waals surface area contributed by atoms with Gasteiger partial charge in [-0.25, -0.2) is 0 Å². The van der Waals surface area contributed by atoms with E-state index in [0.717, 1.165) is 14.5 Å². The molecule has 0 bridgehead atoms. The van der Waals surface area contributed by atoms with Crippen LogP contribution in [0, 0.1) is 3.57 Å². The van der Waals surface area contributed by atoms with Crippen LogP contribution < -0.4 is 4.74 Å². The van der Waals surface area contributed by atoms with Gasteiger partial charge in [0.05, 0.1) is 11.1 Å². The Morgan fingerprint density at radius 2 is 2.19 bits per heavy atom. The monoisotopic (exact) mass is 347 g/mol. The Bertz CT molecular complexity index is 528. The second-order valence-electron chi connectivity index (χ2n) is 3.74. The lowest BCUT2D eigenvalue weighted by Gasteiger charge is -2.14. The predicted molar refractivity (Wildman–Crippen MR) is 75.2 cm³/mol. The van der Waals surface area contributed by atoms with E-state index in [1.807, 2.05) is 32.0 Å². The van der Waals surface area contributed by atoms with Crippen molar-refractivity contribution < 1.29 is 4.74 Å². The maximum absolute atomic E-state index is 6.18. The van der Waals surface area contributed by atoms with Crippen LogP contribution in [0.1, 0.15) is 13.8 Å². The number of ether oxygens (including phenoxy) is 1. The molecule has 2 rings (SSSR count). The average molecular weight is 348 g/mol. The molecule has 0 amide bonds. The van der Waals surface area contributed by atoms with Crippen molar-refractivity contribution in [1.29, 1.82) is 0 Å². The van der Waals surface area contributed by atoms with E-state index in [1.54, 1.807) is 6.20 Å². The molecule has 2 aromatic rings. The number of fused-ring (bicyclic) bond motifs is 1. The zero-order chi connectivity index (χ0) is 11.7. The van der Waals surface area contributed by atoms with E-state index in [2.05, 4.69) is 27.6 Å². The van der Waals surface area contributed by atoms with E-state index >= 15 is 0 Å². The summed E-state index contributed by atoms with van der Waals surface area (Å²) < 4.78 is 6.80. The Morgan fingerprint density at radius 1 is 1.44 bits per heavy atom. The molecule has 0 atom stereocenters. The van der Waals surface area contributed by atoms with Gasteiger partial charge in [-0.2, -0.15) is 0 Å². The van der Waals surface area contributed by atoms with E-state index in [4.69, 9.17) is 16.3 Å². The molecule has 1 aromatic heterocycles. The number of hydrogen-bond acceptors (Lipinski definition) is 2. The highest BCUT2D eigenvalue weighted by molar-refractivity contribution is 14.1. The molecule has 0 unspecified atom stereocenters. The van der Waals surface area contributed by atoms with Crippen LogP contribution in [0.5, 0.6) is 5.75 Å². The van der Waals surface area contributed by atoms with E-state index in [9.17, 15) is 0 Å². The first-order valence-corrected chi connectivity index (χ1v) is 6.44. The summed E-state index contributed by atoms with van der Waals surface area (Å²) in [5, 5.41) is 1.69. The van der Waals surface area contributed by atoms with Crippen LogP contribution in [0.4, 0.5) is 0 Å². The molecule has 0 aliphatic heterocycles. The van der Waals surface area contributed by atoms with Crippen molar-refractivity contribution in [3.05, 3.63) is 33.0 Å². The molecule has 0 spiro atoms. The Kier molecular flexibility index (Phi) is 3.54. The van der Waals surface area contributed by atoms with Crippen molar-refractivity contribution in [1.82, 2.24) is 4.98 Å². The van der Waals surface area contributed by atoms with Gasteiger partial charge in [-0.3, -0.25) is 4.98 Å². The van der Waals surface area contributed by atoms with Gasteiger partial charge in [0, 0.05) is 15.2 Å². The van der Waals surface area contributed by atoms with Crippen LogP contribution in [-0.2, 0) is 0 Å². The lowest BCUT2D eigenvalue weighted by Crippen LogP contribution is -2.07. The van der Waals surface area contributed by atoms with Gasteiger partial charge in [-0.15, -0.1) is 0 Å². The number of pyridine rings is 1. The molecular weight excluding hydrogens is 336 g/mol.